The predicted octanol–water partition coefficient (Wildman–Crippen LogP) is 2.24. The molecule has 0 aromatic carbocycles. The zero-order valence-corrected chi connectivity index (χ0v) is 16.9. The van der Waals surface area contributed by atoms with Gasteiger partial charge >= 0.3 is 5.97 Å². The summed E-state index contributed by atoms with van der Waals surface area (Å²) in [5, 5.41) is 19.8. The summed E-state index contributed by atoms with van der Waals surface area (Å²) in [6, 6.07) is 0. The van der Waals surface area contributed by atoms with Crippen molar-refractivity contribution in [2.45, 2.75) is 19.4 Å². The van der Waals surface area contributed by atoms with Crippen LogP contribution in [-0.4, -0.2) is 63.2 Å². The van der Waals surface area contributed by atoms with Crippen LogP contribution in [0, 0.1) is 3.95 Å². The summed E-state index contributed by atoms with van der Waals surface area (Å²) in [7, 11) is -3.93. The average Bonchev–Trinajstić information content (AvgIpc) is 3.08. The quantitative estimate of drug-likeness (QED) is 0.243. The Balaban J connectivity index is 2.07. The van der Waals surface area contributed by atoms with E-state index in [4.69, 9.17) is 21.9 Å². The zero-order valence-electron chi connectivity index (χ0n) is 13.6. The lowest BCUT2D eigenvalue weighted by Crippen LogP contribution is -2.20. The maximum Gasteiger partial charge on any atom is 0.323 e. The Hall–Kier alpha value is -1.30. The van der Waals surface area contributed by atoms with Crippen LogP contribution in [0.2, 0.25) is 0 Å². The molecule has 8 nitrogen and oxygen atoms in total. The van der Waals surface area contributed by atoms with E-state index in [0.717, 1.165) is 33.2 Å². The first-order valence-corrected chi connectivity index (χ1v) is 11.4. The first kappa shape index (κ1) is 21.0. The molecule has 1 aromatic heterocycles. The van der Waals surface area contributed by atoms with E-state index in [1.807, 2.05) is 0 Å². The third kappa shape index (κ3) is 6.15. The largest absolute Gasteiger partial charge is 0.493 e. The van der Waals surface area contributed by atoms with Gasteiger partial charge in [0.25, 0.3) is 10.1 Å². The molecule has 1 fully saturated rings. The van der Waals surface area contributed by atoms with Gasteiger partial charge in [-0.25, -0.2) is 0 Å². The number of carboxylic acid groups (broad SMARTS) is 1. The lowest BCUT2D eigenvalue weighted by molar-refractivity contribution is -0.137. The van der Waals surface area contributed by atoms with Crippen LogP contribution in [0.5, 0.6) is 5.88 Å². The molecule has 144 valence electrons. The van der Waals surface area contributed by atoms with Crippen molar-refractivity contribution >= 4 is 57.5 Å². The minimum absolute atomic E-state index is 0.196. The molecular formula is C14H18N2O6S4. The zero-order chi connectivity index (χ0) is 19.3. The van der Waals surface area contributed by atoms with E-state index in [1.54, 1.807) is 17.8 Å². The minimum Gasteiger partial charge on any atom is -0.493 e. The summed E-state index contributed by atoms with van der Waals surface area (Å²) in [4.78, 5) is 13.3. The summed E-state index contributed by atoms with van der Waals surface area (Å²) >= 11 is 7.76. The Kier molecular flexibility index (Phi) is 7.33. The molecule has 2 heterocycles. The van der Waals surface area contributed by atoms with Gasteiger partial charge in [-0.2, -0.15) is 8.42 Å². The molecule has 12 heteroatoms. The standard InChI is InChI=1S/C14H18N2O6S4/c17-12(18)9-16-13(19)10(25-14(16)23)3-4-11-15(6-7-24-11)5-1-2-8-26(20,21)22/h3,19H,1-2,5-9H2,(H,17,18)(H,20,21,22). The molecule has 0 unspecified atom stereocenters. The lowest BCUT2D eigenvalue weighted by atomic mass is 10.3. The molecule has 0 bridgehead atoms. The Bertz CT molecular complexity index is 895. The third-order valence-corrected chi connectivity index (χ3v) is 6.71. The first-order chi connectivity index (χ1) is 12.2. The normalized spacial score (nSPS) is 14.5. The summed E-state index contributed by atoms with van der Waals surface area (Å²) in [6.07, 6.45) is 2.56. The molecule has 0 atom stereocenters. The fourth-order valence-electron chi connectivity index (χ4n) is 2.29. The highest BCUT2D eigenvalue weighted by Crippen LogP contribution is 2.30. The van der Waals surface area contributed by atoms with E-state index in [0.29, 0.717) is 24.3 Å². The van der Waals surface area contributed by atoms with Crippen LogP contribution in [0.4, 0.5) is 0 Å². The number of carboxylic acids is 1. The summed E-state index contributed by atoms with van der Waals surface area (Å²) in [5.74, 6) is -0.670. The summed E-state index contributed by atoms with van der Waals surface area (Å²) < 4.78 is 31.6. The van der Waals surface area contributed by atoms with Crippen LogP contribution in [0.25, 0.3) is 6.08 Å². The van der Waals surface area contributed by atoms with Crippen molar-refractivity contribution in [3.05, 3.63) is 19.6 Å². The molecule has 0 spiro atoms. The number of hydrogen-bond acceptors (Lipinski definition) is 8. The fraction of sp³-hybridized carbons (Fsp3) is 0.500. The van der Waals surface area contributed by atoms with Gasteiger partial charge in [0.05, 0.1) is 10.6 Å². The molecule has 3 N–H and O–H groups in total. The highest BCUT2D eigenvalue weighted by Gasteiger charge is 2.18. The van der Waals surface area contributed by atoms with Gasteiger partial charge in [0, 0.05) is 24.9 Å². The first-order valence-electron chi connectivity index (χ1n) is 7.61. The van der Waals surface area contributed by atoms with Crippen LogP contribution in [0.3, 0.4) is 0 Å². The molecule has 0 aliphatic carbocycles. The fourth-order valence-corrected chi connectivity index (χ4v) is 5.06. The number of aromatic nitrogens is 1. The average molecular weight is 439 g/mol. The minimum atomic E-state index is -3.93. The van der Waals surface area contributed by atoms with Crippen molar-refractivity contribution in [2.75, 3.05) is 24.6 Å². The maximum absolute atomic E-state index is 10.8. The van der Waals surface area contributed by atoms with E-state index < -0.39 is 22.6 Å². The second-order valence-electron chi connectivity index (χ2n) is 5.46. The van der Waals surface area contributed by atoms with Gasteiger partial charge in [0.1, 0.15) is 11.6 Å². The highest BCUT2D eigenvalue weighted by molar-refractivity contribution is 8.03. The van der Waals surface area contributed by atoms with Crippen molar-refractivity contribution < 1.29 is 28.0 Å². The number of aromatic hydroxyl groups is 1. The van der Waals surface area contributed by atoms with E-state index in [1.165, 1.54) is 0 Å². The Morgan fingerprint density at radius 1 is 1.38 bits per heavy atom. The molecule has 0 saturated carbocycles. The van der Waals surface area contributed by atoms with Gasteiger partial charge in [-0.3, -0.25) is 13.9 Å². The SMILES string of the molecule is O=C(O)Cn1c(O)c(C=C=C2SCCN2CCCCS(=O)(=O)O)sc1=S. The molecule has 2 rings (SSSR count). The smallest absolute Gasteiger partial charge is 0.323 e. The number of aliphatic carboxylic acids is 1. The van der Waals surface area contributed by atoms with Crippen LogP contribution in [-0.2, 0) is 21.5 Å². The van der Waals surface area contributed by atoms with Gasteiger partial charge in [-0.15, -0.1) is 11.3 Å². The van der Waals surface area contributed by atoms with E-state index >= 15 is 0 Å². The molecule has 0 amide bonds. The van der Waals surface area contributed by atoms with Crippen molar-refractivity contribution in [3.63, 3.8) is 0 Å². The molecule has 0 radical (unpaired) electrons. The van der Waals surface area contributed by atoms with Crippen molar-refractivity contribution in [1.82, 2.24) is 9.47 Å². The van der Waals surface area contributed by atoms with Crippen LogP contribution in [0.1, 0.15) is 17.7 Å². The number of carbonyl (C=O) groups is 1. The van der Waals surface area contributed by atoms with E-state index in [-0.39, 0.29) is 15.6 Å². The Labute approximate surface area is 164 Å². The van der Waals surface area contributed by atoms with Gasteiger partial charge < -0.3 is 15.1 Å². The molecule has 1 saturated heterocycles. The van der Waals surface area contributed by atoms with Crippen molar-refractivity contribution in [1.29, 1.82) is 0 Å². The van der Waals surface area contributed by atoms with Crippen LogP contribution in [0.15, 0.2) is 10.8 Å². The van der Waals surface area contributed by atoms with Gasteiger partial charge in [-0.05, 0) is 25.1 Å². The van der Waals surface area contributed by atoms with Gasteiger partial charge in [0.2, 0.25) is 5.88 Å². The number of hydrogen-bond donors (Lipinski definition) is 3. The summed E-state index contributed by atoms with van der Waals surface area (Å²) in [6.45, 7) is 1.04. The summed E-state index contributed by atoms with van der Waals surface area (Å²) in [5.41, 5.74) is 3.10. The number of unbranched alkanes of at least 4 members (excludes halogenated alkanes) is 1. The van der Waals surface area contributed by atoms with E-state index in [9.17, 15) is 18.3 Å². The second-order valence-corrected chi connectivity index (χ2v) is 9.79. The molecule has 1 aromatic rings. The molecular weight excluding hydrogens is 420 g/mol. The van der Waals surface area contributed by atoms with Gasteiger partial charge in [-0.1, -0.05) is 17.5 Å². The number of nitrogens with zero attached hydrogens (tertiary/aromatic N) is 2. The molecule has 1 aliphatic heterocycles. The van der Waals surface area contributed by atoms with Crippen LogP contribution >= 0.6 is 35.3 Å². The van der Waals surface area contributed by atoms with Crippen LogP contribution < -0.4 is 0 Å². The number of thiazole rings is 1. The predicted molar refractivity (Wildman–Crippen MR) is 104 cm³/mol. The Morgan fingerprint density at radius 2 is 2.12 bits per heavy atom. The lowest BCUT2D eigenvalue weighted by Gasteiger charge is -2.16. The topological polar surface area (TPSA) is 120 Å². The molecule has 26 heavy (non-hydrogen) atoms. The maximum atomic E-state index is 10.8. The monoisotopic (exact) mass is 438 g/mol. The second kappa shape index (κ2) is 9.07. The van der Waals surface area contributed by atoms with E-state index in [2.05, 4.69) is 10.6 Å². The van der Waals surface area contributed by atoms with Gasteiger partial charge in [0.15, 0.2) is 3.95 Å². The Morgan fingerprint density at radius 3 is 2.77 bits per heavy atom. The van der Waals surface area contributed by atoms with Crippen molar-refractivity contribution in [3.8, 4) is 5.88 Å². The molecule has 1 aliphatic rings. The van der Waals surface area contributed by atoms with Crippen molar-refractivity contribution in [2.24, 2.45) is 0 Å². The highest BCUT2D eigenvalue weighted by atomic mass is 32.2. The third-order valence-electron chi connectivity index (χ3n) is 3.48. The number of thioether (sulfide) groups is 1. The number of rotatable bonds is 8.